The summed E-state index contributed by atoms with van der Waals surface area (Å²) in [6.07, 6.45) is 8.14. The number of methoxy groups -OCH3 is 1. The lowest BCUT2D eigenvalue weighted by Gasteiger charge is -2.38. The zero-order chi connectivity index (χ0) is 20.3. The molecule has 0 amide bonds. The van der Waals surface area contributed by atoms with Crippen LogP contribution < -0.4 is 14.8 Å². The van der Waals surface area contributed by atoms with Gasteiger partial charge < -0.3 is 14.8 Å². The first-order chi connectivity index (χ1) is 14.1. The van der Waals surface area contributed by atoms with Crippen LogP contribution in [-0.2, 0) is 0 Å². The Balaban J connectivity index is 1.57. The molecule has 4 rings (SSSR count). The first kappa shape index (κ1) is 18.7. The normalized spacial score (nSPS) is 14.5. The summed E-state index contributed by atoms with van der Waals surface area (Å²) in [5, 5.41) is 19.1. The van der Waals surface area contributed by atoms with Crippen molar-refractivity contribution in [2.75, 3.05) is 19.0 Å². The molecule has 148 valence electrons. The van der Waals surface area contributed by atoms with Gasteiger partial charge in [0, 0.05) is 17.7 Å². The Hall–Kier alpha value is -3.67. The van der Waals surface area contributed by atoms with Gasteiger partial charge in [0.25, 0.3) is 0 Å². The van der Waals surface area contributed by atoms with Crippen LogP contribution >= 0.6 is 0 Å². The van der Waals surface area contributed by atoms with Crippen LogP contribution in [0.5, 0.6) is 11.6 Å². The van der Waals surface area contributed by atoms with E-state index in [0.717, 1.165) is 0 Å². The minimum absolute atomic E-state index is 0.225. The van der Waals surface area contributed by atoms with Gasteiger partial charge in [0.15, 0.2) is 11.5 Å². The summed E-state index contributed by atoms with van der Waals surface area (Å²) >= 11 is 0. The summed E-state index contributed by atoms with van der Waals surface area (Å²) in [5.41, 5.74) is 1.89. The molecule has 0 spiro atoms. The number of nitrogens with one attached hydrogen (secondary N) is 2. The van der Waals surface area contributed by atoms with Crippen molar-refractivity contribution < 1.29 is 9.47 Å². The average Bonchev–Trinajstić information content (AvgIpc) is 3.19. The molecular formula is C20H21N7O2. The molecule has 0 aromatic carbocycles. The number of aromatic nitrogens is 5. The van der Waals surface area contributed by atoms with Gasteiger partial charge in [0.05, 0.1) is 31.8 Å². The fraction of sp³-hybridized carbons (Fsp3) is 0.350. The fourth-order valence-electron chi connectivity index (χ4n) is 3.22. The van der Waals surface area contributed by atoms with Gasteiger partial charge in [-0.2, -0.15) is 10.4 Å². The summed E-state index contributed by atoms with van der Waals surface area (Å²) in [5.74, 6) is 2.17. The molecule has 29 heavy (non-hydrogen) atoms. The van der Waals surface area contributed by atoms with Crippen LogP contribution in [0.1, 0.15) is 31.9 Å². The van der Waals surface area contributed by atoms with E-state index in [9.17, 15) is 0 Å². The molecule has 0 aliphatic heterocycles. The number of pyridine rings is 1. The highest BCUT2D eigenvalue weighted by Crippen LogP contribution is 2.42. The maximum atomic E-state index is 8.82. The van der Waals surface area contributed by atoms with E-state index in [2.05, 4.69) is 37.4 Å². The predicted octanol–water partition coefficient (Wildman–Crippen LogP) is 3.45. The number of nitriles is 1. The van der Waals surface area contributed by atoms with E-state index in [1.165, 1.54) is 31.7 Å². The van der Waals surface area contributed by atoms with E-state index < -0.39 is 0 Å². The molecule has 0 unspecified atom stereocenters. The molecule has 9 heteroatoms. The van der Waals surface area contributed by atoms with Crippen LogP contribution in [0.15, 0.2) is 30.7 Å². The second kappa shape index (κ2) is 7.75. The molecule has 3 heterocycles. The summed E-state index contributed by atoms with van der Waals surface area (Å²) < 4.78 is 11.6. The standard InChI is InChI=1S/C20H21N7O2/c1-20(5-3-6-20)12-29-15-4-7-22-19(28-2)18(15)14-8-16(27-26-14)25-17-11-23-13(9-21)10-24-17/h4,7-8,10-11H,3,5-6,12H2,1-2H3,(H2,24,25,26,27). The van der Waals surface area contributed by atoms with E-state index in [0.29, 0.717) is 41.1 Å². The SMILES string of the molecule is COc1nccc(OCC2(C)CCC2)c1-c1cc(Nc2cnc(C#N)cn2)n[nH]1. The Morgan fingerprint density at radius 3 is 2.76 bits per heavy atom. The number of aromatic amines is 1. The van der Waals surface area contributed by atoms with Gasteiger partial charge in [0.1, 0.15) is 23.2 Å². The number of ether oxygens (including phenoxy) is 2. The number of hydrogen-bond acceptors (Lipinski definition) is 8. The molecule has 1 saturated carbocycles. The van der Waals surface area contributed by atoms with Gasteiger partial charge in [-0.3, -0.25) is 5.10 Å². The number of H-pyrrole nitrogens is 1. The van der Waals surface area contributed by atoms with Gasteiger partial charge in [-0.25, -0.2) is 15.0 Å². The average molecular weight is 391 g/mol. The van der Waals surface area contributed by atoms with Crippen LogP contribution in [0.25, 0.3) is 11.3 Å². The maximum absolute atomic E-state index is 8.82. The largest absolute Gasteiger partial charge is 0.492 e. The number of hydrogen-bond donors (Lipinski definition) is 2. The van der Waals surface area contributed by atoms with Gasteiger partial charge in [-0.1, -0.05) is 13.3 Å². The van der Waals surface area contributed by atoms with Crippen LogP contribution in [0, 0.1) is 16.7 Å². The highest BCUT2D eigenvalue weighted by Gasteiger charge is 2.33. The van der Waals surface area contributed by atoms with Crippen molar-refractivity contribution in [1.82, 2.24) is 25.1 Å². The lowest BCUT2D eigenvalue weighted by Crippen LogP contribution is -2.32. The molecule has 0 atom stereocenters. The van der Waals surface area contributed by atoms with Crippen LogP contribution in [0.2, 0.25) is 0 Å². The van der Waals surface area contributed by atoms with E-state index in [-0.39, 0.29) is 11.1 Å². The molecule has 2 N–H and O–H groups in total. The second-order valence-corrected chi connectivity index (χ2v) is 7.34. The Kier molecular flexibility index (Phi) is 4.99. The molecule has 1 aliphatic carbocycles. The molecular weight excluding hydrogens is 370 g/mol. The smallest absolute Gasteiger partial charge is 0.226 e. The van der Waals surface area contributed by atoms with E-state index in [1.54, 1.807) is 13.3 Å². The van der Waals surface area contributed by atoms with Crippen molar-refractivity contribution in [2.45, 2.75) is 26.2 Å². The first-order valence-electron chi connectivity index (χ1n) is 9.31. The zero-order valence-electron chi connectivity index (χ0n) is 16.3. The monoisotopic (exact) mass is 391 g/mol. The van der Waals surface area contributed by atoms with Crippen LogP contribution in [0.3, 0.4) is 0 Å². The van der Waals surface area contributed by atoms with Gasteiger partial charge in [-0.15, -0.1) is 0 Å². The highest BCUT2D eigenvalue weighted by atomic mass is 16.5. The number of anilines is 2. The third kappa shape index (κ3) is 3.96. The second-order valence-electron chi connectivity index (χ2n) is 7.34. The molecule has 0 bridgehead atoms. The number of nitrogens with zero attached hydrogens (tertiary/aromatic N) is 5. The van der Waals surface area contributed by atoms with E-state index in [1.807, 2.05) is 18.2 Å². The van der Waals surface area contributed by atoms with Crippen molar-refractivity contribution in [3.8, 4) is 29.0 Å². The van der Waals surface area contributed by atoms with E-state index in [4.69, 9.17) is 14.7 Å². The van der Waals surface area contributed by atoms with Gasteiger partial charge >= 0.3 is 0 Å². The summed E-state index contributed by atoms with van der Waals surface area (Å²) in [4.78, 5) is 12.4. The summed E-state index contributed by atoms with van der Waals surface area (Å²) in [6.45, 7) is 2.89. The fourth-order valence-corrected chi connectivity index (χ4v) is 3.22. The van der Waals surface area contributed by atoms with Crippen molar-refractivity contribution in [2.24, 2.45) is 5.41 Å². The van der Waals surface area contributed by atoms with Crippen molar-refractivity contribution in [3.05, 3.63) is 36.4 Å². The highest BCUT2D eigenvalue weighted by molar-refractivity contribution is 5.74. The van der Waals surface area contributed by atoms with Crippen LogP contribution in [-0.4, -0.2) is 38.9 Å². The molecule has 1 aliphatic rings. The molecule has 0 saturated heterocycles. The lowest BCUT2D eigenvalue weighted by molar-refractivity contribution is 0.0777. The van der Waals surface area contributed by atoms with Crippen LogP contribution in [0.4, 0.5) is 11.6 Å². The molecule has 3 aromatic rings. The third-order valence-corrected chi connectivity index (χ3v) is 5.08. The van der Waals surface area contributed by atoms with E-state index >= 15 is 0 Å². The topological polar surface area (TPSA) is 122 Å². The predicted molar refractivity (Wildman–Crippen MR) is 106 cm³/mol. The minimum Gasteiger partial charge on any atom is -0.492 e. The Morgan fingerprint density at radius 2 is 2.10 bits per heavy atom. The third-order valence-electron chi connectivity index (χ3n) is 5.08. The molecule has 9 nitrogen and oxygen atoms in total. The molecule has 0 radical (unpaired) electrons. The van der Waals surface area contributed by atoms with Crippen molar-refractivity contribution in [3.63, 3.8) is 0 Å². The quantitative estimate of drug-likeness (QED) is 0.628. The Labute approximate surface area is 168 Å². The Bertz CT molecular complexity index is 1040. The zero-order valence-corrected chi connectivity index (χ0v) is 16.3. The number of rotatable bonds is 7. The van der Waals surface area contributed by atoms with Gasteiger partial charge in [-0.05, 0) is 18.9 Å². The summed E-state index contributed by atoms with van der Waals surface area (Å²) in [6, 6.07) is 5.59. The molecule has 3 aromatic heterocycles. The van der Waals surface area contributed by atoms with Crippen molar-refractivity contribution >= 4 is 11.6 Å². The maximum Gasteiger partial charge on any atom is 0.226 e. The minimum atomic E-state index is 0.225. The Morgan fingerprint density at radius 1 is 1.24 bits per heavy atom. The summed E-state index contributed by atoms with van der Waals surface area (Å²) in [7, 11) is 1.57. The lowest BCUT2D eigenvalue weighted by atomic mass is 9.71. The molecule has 1 fully saturated rings. The first-order valence-corrected chi connectivity index (χ1v) is 9.31. The van der Waals surface area contributed by atoms with Crippen molar-refractivity contribution in [1.29, 1.82) is 5.26 Å². The van der Waals surface area contributed by atoms with Gasteiger partial charge in [0.2, 0.25) is 5.88 Å².